The van der Waals surface area contributed by atoms with Crippen molar-refractivity contribution in [3.63, 3.8) is 0 Å². The topological polar surface area (TPSA) is 80.5 Å². The van der Waals surface area contributed by atoms with Gasteiger partial charge >= 0.3 is 0 Å². The Hall–Kier alpha value is -1.96. The second-order valence-electron chi connectivity index (χ2n) is 6.00. The monoisotopic (exact) mass is 380 g/mol. The number of nitro groups is 1. The maximum Gasteiger partial charge on any atom is 0.289 e. The van der Waals surface area contributed by atoms with Crippen LogP contribution >= 0.6 is 11.6 Å². The molecule has 6 nitrogen and oxygen atoms in total. The first kappa shape index (κ1) is 17.8. The highest BCUT2D eigenvalue weighted by molar-refractivity contribution is 7.89. The fourth-order valence-electron chi connectivity index (χ4n) is 3.23. The number of hydrogen-bond acceptors (Lipinski definition) is 4. The van der Waals surface area contributed by atoms with Crippen LogP contribution in [0, 0.1) is 10.1 Å². The molecule has 0 radical (unpaired) electrons. The molecule has 2 aromatic carbocycles. The van der Waals surface area contributed by atoms with Crippen LogP contribution in [0.2, 0.25) is 5.02 Å². The molecule has 25 heavy (non-hydrogen) atoms. The molecule has 0 fully saturated rings. The molecule has 1 aliphatic carbocycles. The summed E-state index contributed by atoms with van der Waals surface area (Å²) in [6.07, 6.45) is 2.53. The first-order valence-electron chi connectivity index (χ1n) is 7.82. The van der Waals surface area contributed by atoms with Crippen LogP contribution in [0.1, 0.15) is 30.0 Å². The number of benzene rings is 2. The molecule has 0 heterocycles. The molecule has 0 amide bonds. The third-order valence-electron chi connectivity index (χ3n) is 4.57. The second kappa shape index (κ2) is 6.74. The fraction of sp³-hybridized carbons (Fsp3) is 0.294. The first-order chi connectivity index (χ1) is 11.8. The van der Waals surface area contributed by atoms with Gasteiger partial charge in [0.15, 0.2) is 0 Å². The Balaban J connectivity index is 2.01. The van der Waals surface area contributed by atoms with Gasteiger partial charge in [-0.2, -0.15) is 4.31 Å². The van der Waals surface area contributed by atoms with Crippen LogP contribution in [0.25, 0.3) is 0 Å². The molecule has 0 saturated heterocycles. The highest BCUT2D eigenvalue weighted by Crippen LogP contribution is 2.37. The molecule has 0 saturated carbocycles. The number of aryl methyl sites for hydroxylation is 1. The minimum absolute atomic E-state index is 0.0883. The summed E-state index contributed by atoms with van der Waals surface area (Å²) in [5, 5.41) is 11.0. The highest BCUT2D eigenvalue weighted by Gasteiger charge is 2.33. The first-order valence-corrected chi connectivity index (χ1v) is 9.64. The van der Waals surface area contributed by atoms with Crippen molar-refractivity contribution in [3.05, 3.63) is 68.7 Å². The van der Waals surface area contributed by atoms with Crippen molar-refractivity contribution in [1.82, 2.24) is 4.31 Å². The Labute approximate surface area is 151 Å². The minimum atomic E-state index is -3.88. The van der Waals surface area contributed by atoms with E-state index in [0.717, 1.165) is 30.0 Å². The molecule has 0 aromatic heterocycles. The molecule has 1 aliphatic rings. The van der Waals surface area contributed by atoms with Crippen LogP contribution in [0.4, 0.5) is 5.69 Å². The molecule has 132 valence electrons. The van der Waals surface area contributed by atoms with Gasteiger partial charge in [-0.05, 0) is 42.5 Å². The lowest BCUT2D eigenvalue weighted by Crippen LogP contribution is -2.33. The van der Waals surface area contributed by atoms with E-state index in [9.17, 15) is 18.5 Å². The maximum absolute atomic E-state index is 13.0. The lowest BCUT2D eigenvalue weighted by atomic mass is 9.88. The van der Waals surface area contributed by atoms with Crippen molar-refractivity contribution in [2.45, 2.75) is 30.2 Å². The lowest BCUT2D eigenvalue weighted by Gasteiger charge is -2.32. The number of fused-ring (bicyclic) bond motifs is 1. The van der Waals surface area contributed by atoms with E-state index in [4.69, 9.17) is 11.6 Å². The van der Waals surface area contributed by atoms with Gasteiger partial charge in [-0.3, -0.25) is 10.1 Å². The van der Waals surface area contributed by atoms with E-state index < -0.39 is 20.6 Å². The Kier molecular flexibility index (Phi) is 4.81. The zero-order chi connectivity index (χ0) is 18.2. The zero-order valence-electron chi connectivity index (χ0n) is 13.6. The number of halogens is 1. The van der Waals surface area contributed by atoms with E-state index in [1.807, 2.05) is 24.3 Å². The van der Waals surface area contributed by atoms with Crippen LogP contribution < -0.4 is 0 Å². The van der Waals surface area contributed by atoms with E-state index in [1.54, 1.807) is 0 Å². The summed E-state index contributed by atoms with van der Waals surface area (Å²) in [7, 11) is -2.37. The Morgan fingerprint density at radius 1 is 1.24 bits per heavy atom. The van der Waals surface area contributed by atoms with E-state index in [2.05, 4.69) is 0 Å². The smallest absolute Gasteiger partial charge is 0.258 e. The highest BCUT2D eigenvalue weighted by atomic mass is 35.5. The molecule has 0 spiro atoms. The Morgan fingerprint density at radius 3 is 2.68 bits per heavy atom. The number of sulfonamides is 1. The van der Waals surface area contributed by atoms with Crippen LogP contribution in [0.15, 0.2) is 47.4 Å². The summed E-state index contributed by atoms with van der Waals surface area (Å²) in [5.41, 5.74) is 1.71. The van der Waals surface area contributed by atoms with Crippen molar-refractivity contribution in [2.75, 3.05) is 7.05 Å². The third kappa shape index (κ3) is 3.27. The van der Waals surface area contributed by atoms with Gasteiger partial charge in [-0.15, -0.1) is 0 Å². The summed E-state index contributed by atoms with van der Waals surface area (Å²) >= 11 is 5.79. The Bertz CT molecular complexity index is 930. The van der Waals surface area contributed by atoms with Gasteiger partial charge in [0, 0.05) is 19.2 Å². The lowest BCUT2D eigenvalue weighted by molar-refractivity contribution is -0.384. The molecule has 2 aromatic rings. The average molecular weight is 381 g/mol. The molecular weight excluding hydrogens is 364 g/mol. The average Bonchev–Trinajstić information content (AvgIpc) is 2.60. The van der Waals surface area contributed by atoms with Crippen LogP contribution in [-0.2, 0) is 16.4 Å². The summed E-state index contributed by atoms with van der Waals surface area (Å²) < 4.78 is 27.3. The summed E-state index contributed by atoms with van der Waals surface area (Å²) in [6, 6.07) is 11.1. The van der Waals surface area contributed by atoms with Crippen molar-refractivity contribution >= 4 is 27.3 Å². The van der Waals surface area contributed by atoms with Gasteiger partial charge in [-0.25, -0.2) is 8.42 Å². The summed E-state index contributed by atoms with van der Waals surface area (Å²) in [6.45, 7) is 0. The maximum atomic E-state index is 13.0. The fourth-order valence-corrected chi connectivity index (χ4v) is 4.81. The third-order valence-corrected chi connectivity index (χ3v) is 6.75. The van der Waals surface area contributed by atoms with Crippen LogP contribution in [0.5, 0.6) is 0 Å². The van der Waals surface area contributed by atoms with E-state index in [0.29, 0.717) is 6.42 Å². The van der Waals surface area contributed by atoms with Gasteiger partial charge in [0.2, 0.25) is 10.0 Å². The van der Waals surface area contributed by atoms with Gasteiger partial charge in [-0.1, -0.05) is 35.9 Å². The largest absolute Gasteiger partial charge is 0.289 e. The molecule has 0 aliphatic heterocycles. The summed E-state index contributed by atoms with van der Waals surface area (Å²) in [4.78, 5) is 10.2. The zero-order valence-corrected chi connectivity index (χ0v) is 15.1. The van der Waals surface area contributed by atoms with Gasteiger partial charge in [0.25, 0.3) is 5.69 Å². The molecule has 8 heteroatoms. The molecule has 0 bridgehead atoms. The van der Waals surface area contributed by atoms with Crippen molar-refractivity contribution in [2.24, 2.45) is 0 Å². The van der Waals surface area contributed by atoms with E-state index >= 15 is 0 Å². The predicted octanol–water partition coefficient (Wildman–Crippen LogP) is 3.95. The van der Waals surface area contributed by atoms with E-state index in [-0.39, 0.29) is 16.0 Å². The quantitative estimate of drug-likeness (QED) is 0.594. The normalized spacial score (nSPS) is 17.3. The molecule has 0 N–H and O–H groups in total. The number of rotatable bonds is 4. The summed E-state index contributed by atoms with van der Waals surface area (Å²) in [5.74, 6) is 0. The second-order valence-corrected chi connectivity index (χ2v) is 8.40. The van der Waals surface area contributed by atoms with Gasteiger partial charge < -0.3 is 0 Å². The molecule has 0 unspecified atom stereocenters. The van der Waals surface area contributed by atoms with Gasteiger partial charge in [0.1, 0.15) is 5.02 Å². The van der Waals surface area contributed by atoms with Crippen LogP contribution in [-0.4, -0.2) is 24.7 Å². The standard InChI is InChI=1S/C17H17ClN2O4S/c1-19(16-8-4-6-12-5-2-3-7-14(12)16)25(23,24)13-9-10-15(18)17(11-13)20(21)22/h2-3,5,7,9-11,16H,4,6,8H2,1H3/t16-/m0/s1. The van der Waals surface area contributed by atoms with Crippen molar-refractivity contribution in [3.8, 4) is 0 Å². The van der Waals surface area contributed by atoms with E-state index in [1.165, 1.54) is 23.5 Å². The Morgan fingerprint density at radius 2 is 1.96 bits per heavy atom. The molecule has 1 atom stereocenters. The van der Waals surface area contributed by atoms with Crippen molar-refractivity contribution in [1.29, 1.82) is 0 Å². The predicted molar refractivity (Wildman–Crippen MR) is 95.2 cm³/mol. The number of nitro benzene ring substituents is 1. The number of hydrogen-bond donors (Lipinski definition) is 0. The van der Waals surface area contributed by atoms with Crippen molar-refractivity contribution < 1.29 is 13.3 Å². The van der Waals surface area contributed by atoms with Gasteiger partial charge in [0.05, 0.1) is 9.82 Å². The molecule has 3 rings (SSSR count). The number of nitrogens with zero attached hydrogens (tertiary/aromatic N) is 2. The minimum Gasteiger partial charge on any atom is -0.258 e. The van der Waals surface area contributed by atoms with Crippen LogP contribution in [0.3, 0.4) is 0 Å². The SMILES string of the molecule is CN([C@H]1CCCc2ccccc21)S(=O)(=O)c1ccc(Cl)c([N+](=O)[O-])c1. The molecular formula is C17H17ClN2O4S.